The van der Waals surface area contributed by atoms with Crippen LogP contribution >= 0.6 is 11.3 Å². The zero-order valence-electron chi connectivity index (χ0n) is 16.1. The molecule has 1 aromatic heterocycles. The predicted octanol–water partition coefficient (Wildman–Crippen LogP) is 3.74. The van der Waals surface area contributed by atoms with Gasteiger partial charge in [0.05, 0.1) is 24.4 Å². The van der Waals surface area contributed by atoms with Gasteiger partial charge in [0.2, 0.25) is 0 Å². The molecule has 3 rings (SSSR count). The highest BCUT2D eigenvalue weighted by Crippen LogP contribution is 2.45. The molecule has 3 atom stereocenters. The van der Waals surface area contributed by atoms with Crippen LogP contribution in [0.3, 0.4) is 0 Å². The maximum absolute atomic E-state index is 10.1. The fourth-order valence-electron chi connectivity index (χ4n) is 3.78. The van der Waals surface area contributed by atoms with Crippen LogP contribution in [0.25, 0.3) is 6.08 Å². The molecule has 140 valence electrons. The van der Waals surface area contributed by atoms with Crippen LogP contribution in [-0.2, 0) is 0 Å². The fourth-order valence-corrected chi connectivity index (χ4v) is 4.81. The normalized spacial score (nSPS) is 22.8. The number of nitrogens with one attached hydrogen (secondary N) is 1. The molecule has 0 saturated carbocycles. The highest BCUT2D eigenvalue weighted by molar-refractivity contribution is 7.15. The molecule has 1 saturated heterocycles. The van der Waals surface area contributed by atoms with E-state index in [9.17, 15) is 5.11 Å². The van der Waals surface area contributed by atoms with Crippen molar-refractivity contribution >= 4 is 22.5 Å². The van der Waals surface area contributed by atoms with Gasteiger partial charge in [-0.25, -0.2) is 4.98 Å². The van der Waals surface area contributed by atoms with Crippen molar-refractivity contribution in [2.45, 2.75) is 45.7 Å². The van der Waals surface area contributed by atoms with E-state index >= 15 is 0 Å². The van der Waals surface area contributed by atoms with Gasteiger partial charge in [-0.2, -0.15) is 0 Å². The van der Waals surface area contributed by atoms with Gasteiger partial charge in [-0.1, -0.05) is 43.3 Å². The smallest absolute Gasteiger partial charge is 0.186 e. The average Bonchev–Trinajstić information content (AvgIpc) is 2.94. The molecular formula is C21H29N3OS. The first kappa shape index (κ1) is 19.1. The van der Waals surface area contributed by atoms with Crippen LogP contribution in [0.2, 0.25) is 0 Å². The number of allylic oxidation sites excluding steroid dienone is 1. The highest BCUT2D eigenvalue weighted by atomic mass is 32.1. The van der Waals surface area contributed by atoms with E-state index in [1.807, 2.05) is 6.92 Å². The molecule has 26 heavy (non-hydrogen) atoms. The van der Waals surface area contributed by atoms with E-state index in [0.29, 0.717) is 12.0 Å². The molecule has 0 bridgehead atoms. The number of hydrogen-bond acceptors (Lipinski definition) is 5. The standard InChI is InChI=1S/C21H29N3OS/c1-5-7-16-8-10-17(11-9-16)20-18(12-22-6-2)24(19(20)13-25)21-23-14(3)15(4)26-21/h5,7-11,18-20,22,25H,6,12-13H2,1-4H3/t18-,19+,20+/m1/s1. The molecule has 2 heterocycles. The maximum Gasteiger partial charge on any atom is 0.186 e. The van der Waals surface area contributed by atoms with Crippen molar-refractivity contribution in [1.29, 1.82) is 0 Å². The van der Waals surface area contributed by atoms with Crippen LogP contribution in [0.15, 0.2) is 30.3 Å². The van der Waals surface area contributed by atoms with Crippen LogP contribution < -0.4 is 10.2 Å². The largest absolute Gasteiger partial charge is 0.394 e. The Morgan fingerprint density at radius 1 is 1.23 bits per heavy atom. The number of nitrogens with zero attached hydrogens (tertiary/aromatic N) is 2. The zero-order chi connectivity index (χ0) is 18.7. The van der Waals surface area contributed by atoms with Crippen molar-refractivity contribution < 1.29 is 5.11 Å². The van der Waals surface area contributed by atoms with Gasteiger partial charge < -0.3 is 15.3 Å². The molecule has 0 unspecified atom stereocenters. The Kier molecular flexibility index (Phi) is 6.12. The molecule has 0 amide bonds. The summed E-state index contributed by atoms with van der Waals surface area (Å²) in [5.74, 6) is 0.309. The van der Waals surface area contributed by atoms with Crippen molar-refractivity contribution in [2.75, 3.05) is 24.6 Å². The summed E-state index contributed by atoms with van der Waals surface area (Å²) in [6, 6.07) is 9.12. The van der Waals surface area contributed by atoms with Gasteiger partial charge in [0.25, 0.3) is 0 Å². The first-order valence-electron chi connectivity index (χ1n) is 9.37. The van der Waals surface area contributed by atoms with Crippen LogP contribution in [0.1, 0.15) is 41.5 Å². The van der Waals surface area contributed by atoms with Gasteiger partial charge in [0.15, 0.2) is 5.13 Å². The van der Waals surface area contributed by atoms with E-state index in [0.717, 1.165) is 23.9 Å². The van der Waals surface area contributed by atoms with Gasteiger partial charge in [0, 0.05) is 17.3 Å². The molecule has 0 radical (unpaired) electrons. The lowest BCUT2D eigenvalue weighted by molar-refractivity contribution is 0.167. The van der Waals surface area contributed by atoms with Gasteiger partial charge in [0.1, 0.15) is 0 Å². The molecule has 5 heteroatoms. The lowest BCUT2D eigenvalue weighted by atomic mass is 9.75. The Morgan fingerprint density at radius 2 is 1.96 bits per heavy atom. The second-order valence-electron chi connectivity index (χ2n) is 6.86. The Balaban J connectivity index is 1.90. The summed E-state index contributed by atoms with van der Waals surface area (Å²) in [7, 11) is 0. The van der Waals surface area contributed by atoms with Crippen molar-refractivity contribution in [3.8, 4) is 0 Å². The quantitative estimate of drug-likeness (QED) is 0.778. The third-order valence-corrected chi connectivity index (χ3v) is 6.34. The molecule has 2 N–H and O–H groups in total. The van der Waals surface area contributed by atoms with Crippen molar-refractivity contribution in [2.24, 2.45) is 0 Å². The van der Waals surface area contributed by atoms with Gasteiger partial charge in [-0.05, 0) is 38.4 Å². The number of aryl methyl sites for hydroxylation is 2. The van der Waals surface area contributed by atoms with E-state index in [4.69, 9.17) is 4.98 Å². The monoisotopic (exact) mass is 371 g/mol. The maximum atomic E-state index is 10.1. The number of anilines is 1. The van der Waals surface area contributed by atoms with Gasteiger partial charge in [-0.3, -0.25) is 0 Å². The van der Waals surface area contributed by atoms with Crippen LogP contribution in [0.4, 0.5) is 5.13 Å². The summed E-state index contributed by atoms with van der Waals surface area (Å²) in [4.78, 5) is 8.32. The molecule has 2 aromatic rings. The Labute approximate surface area is 160 Å². The summed E-state index contributed by atoms with van der Waals surface area (Å²) in [6.45, 7) is 10.3. The predicted molar refractivity (Wildman–Crippen MR) is 111 cm³/mol. The number of hydrogen-bond donors (Lipinski definition) is 2. The molecule has 4 nitrogen and oxygen atoms in total. The molecule has 1 aliphatic rings. The number of aliphatic hydroxyl groups is 1. The zero-order valence-corrected chi connectivity index (χ0v) is 16.9. The second kappa shape index (κ2) is 8.33. The fraction of sp³-hybridized carbons (Fsp3) is 0.476. The Hall–Kier alpha value is -1.69. The van der Waals surface area contributed by atoms with E-state index < -0.39 is 0 Å². The van der Waals surface area contributed by atoms with Crippen molar-refractivity contribution in [3.63, 3.8) is 0 Å². The average molecular weight is 372 g/mol. The van der Waals surface area contributed by atoms with E-state index in [2.05, 4.69) is 67.4 Å². The number of likely N-dealkylation sites (N-methyl/N-ethyl adjacent to an activating group) is 1. The number of thiazole rings is 1. The minimum Gasteiger partial charge on any atom is -0.394 e. The summed E-state index contributed by atoms with van der Waals surface area (Å²) < 4.78 is 0. The van der Waals surface area contributed by atoms with Crippen LogP contribution in [-0.4, -0.2) is 41.9 Å². The Bertz CT molecular complexity index is 734. The van der Waals surface area contributed by atoms with E-state index in [-0.39, 0.29) is 12.6 Å². The third-order valence-electron chi connectivity index (χ3n) is 5.25. The SMILES string of the molecule is CC=Cc1ccc([C@H]2[C@@H](CNCC)N(c3nc(C)c(C)s3)[C@H]2CO)cc1. The lowest BCUT2D eigenvalue weighted by Crippen LogP contribution is -2.67. The van der Waals surface area contributed by atoms with Gasteiger partial charge in [-0.15, -0.1) is 11.3 Å². The topological polar surface area (TPSA) is 48.4 Å². The first-order chi connectivity index (χ1) is 12.6. The molecule has 0 aliphatic carbocycles. The number of benzene rings is 1. The third kappa shape index (κ3) is 3.56. The summed E-state index contributed by atoms with van der Waals surface area (Å²) in [6.07, 6.45) is 4.16. The molecule has 0 spiro atoms. The van der Waals surface area contributed by atoms with Crippen LogP contribution in [0, 0.1) is 13.8 Å². The van der Waals surface area contributed by atoms with Crippen LogP contribution in [0.5, 0.6) is 0 Å². The summed E-state index contributed by atoms with van der Waals surface area (Å²) in [5, 5.41) is 14.6. The molecular weight excluding hydrogens is 342 g/mol. The van der Waals surface area contributed by atoms with E-state index in [1.54, 1.807) is 11.3 Å². The Morgan fingerprint density at radius 3 is 2.50 bits per heavy atom. The molecule has 1 aromatic carbocycles. The number of aliphatic hydroxyl groups excluding tert-OH is 1. The number of rotatable bonds is 7. The van der Waals surface area contributed by atoms with Crippen molar-refractivity contribution in [3.05, 3.63) is 52.0 Å². The van der Waals surface area contributed by atoms with Gasteiger partial charge >= 0.3 is 0 Å². The highest BCUT2D eigenvalue weighted by Gasteiger charge is 2.49. The lowest BCUT2D eigenvalue weighted by Gasteiger charge is -2.55. The molecule has 1 fully saturated rings. The van der Waals surface area contributed by atoms with Crippen molar-refractivity contribution in [1.82, 2.24) is 10.3 Å². The minimum absolute atomic E-state index is 0.0798. The summed E-state index contributed by atoms with van der Waals surface area (Å²) >= 11 is 1.73. The number of aromatic nitrogens is 1. The second-order valence-corrected chi connectivity index (χ2v) is 8.04. The van der Waals surface area contributed by atoms with E-state index in [1.165, 1.54) is 16.0 Å². The molecule has 1 aliphatic heterocycles. The minimum atomic E-state index is 0.0798. The first-order valence-corrected chi connectivity index (χ1v) is 10.2. The summed E-state index contributed by atoms with van der Waals surface area (Å²) in [5.41, 5.74) is 3.59.